The first-order valence-corrected chi connectivity index (χ1v) is 5.43. The van der Waals surface area contributed by atoms with Gasteiger partial charge in [-0.1, -0.05) is 6.42 Å². The van der Waals surface area contributed by atoms with Crippen LogP contribution in [0.15, 0.2) is 24.5 Å². The van der Waals surface area contributed by atoms with Crippen LogP contribution < -0.4 is 0 Å². The lowest BCUT2D eigenvalue weighted by atomic mass is 9.79. The average Bonchev–Trinajstić information content (AvgIpc) is 2.14. The Hall–Kier alpha value is -0.890. The molecule has 0 aromatic carbocycles. The monoisotopic (exact) mass is 191 g/mol. The molecule has 0 aliphatic heterocycles. The molecule has 2 rings (SSSR count). The third kappa shape index (κ3) is 2.32. The van der Waals surface area contributed by atoms with E-state index in [1.54, 1.807) is 0 Å². The molecular weight excluding hydrogens is 174 g/mol. The van der Waals surface area contributed by atoms with Crippen LogP contribution in [0.4, 0.5) is 0 Å². The Balaban J connectivity index is 1.76. The van der Waals surface area contributed by atoms with Crippen LogP contribution in [0, 0.1) is 5.92 Å². The highest BCUT2D eigenvalue weighted by atomic mass is 16.3. The normalized spacial score (nSPS) is 18.9. The van der Waals surface area contributed by atoms with Crippen LogP contribution in [-0.4, -0.2) is 16.2 Å². The molecule has 0 amide bonds. The molecule has 76 valence electrons. The van der Waals surface area contributed by atoms with E-state index < -0.39 is 0 Å². The maximum absolute atomic E-state index is 9.81. The molecule has 0 saturated heterocycles. The minimum absolute atomic E-state index is 0.0862. The summed E-state index contributed by atoms with van der Waals surface area (Å²) in [6.07, 6.45) is 9.15. The number of hydrogen-bond donors (Lipinski definition) is 1. The van der Waals surface area contributed by atoms with Gasteiger partial charge in [0.05, 0.1) is 6.10 Å². The fourth-order valence-corrected chi connectivity index (χ4v) is 1.92. The summed E-state index contributed by atoms with van der Waals surface area (Å²) in [7, 11) is 0. The van der Waals surface area contributed by atoms with Crippen molar-refractivity contribution in [3.05, 3.63) is 30.1 Å². The zero-order valence-corrected chi connectivity index (χ0v) is 8.39. The molecule has 0 spiro atoms. The van der Waals surface area contributed by atoms with E-state index in [0.717, 1.165) is 12.8 Å². The number of nitrogens with zero attached hydrogens (tertiary/aromatic N) is 1. The van der Waals surface area contributed by atoms with Crippen molar-refractivity contribution in [1.29, 1.82) is 0 Å². The first-order valence-electron chi connectivity index (χ1n) is 5.43. The molecule has 1 aliphatic rings. The Morgan fingerprint density at radius 1 is 1.36 bits per heavy atom. The fourth-order valence-electron chi connectivity index (χ4n) is 1.92. The van der Waals surface area contributed by atoms with Gasteiger partial charge in [-0.3, -0.25) is 4.98 Å². The van der Waals surface area contributed by atoms with Crippen LogP contribution in [-0.2, 0) is 6.42 Å². The van der Waals surface area contributed by atoms with Crippen LogP contribution >= 0.6 is 0 Å². The lowest BCUT2D eigenvalue weighted by Gasteiger charge is -2.30. The van der Waals surface area contributed by atoms with Gasteiger partial charge in [0.2, 0.25) is 0 Å². The summed E-state index contributed by atoms with van der Waals surface area (Å²) < 4.78 is 0. The highest BCUT2D eigenvalue weighted by molar-refractivity contribution is 5.09. The highest BCUT2D eigenvalue weighted by Gasteiger charge is 2.24. The predicted octanol–water partition coefficient (Wildman–Crippen LogP) is 2.18. The first kappa shape index (κ1) is 9.66. The molecule has 1 aliphatic carbocycles. The molecule has 0 radical (unpaired) electrons. The van der Waals surface area contributed by atoms with Crippen LogP contribution in [0.3, 0.4) is 0 Å². The molecule has 1 aromatic rings. The van der Waals surface area contributed by atoms with E-state index in [1.165, 1.54) is 24.8 Å². The SMILES string of the molecule is OC(CCc1ccncc1)C1CCC1. The van der Waals surface area contributed by atoms with Gasteiger partial charge in [-0.15, -0.1) is 0 Å². The predicted molar refractivity (Wildman–Crippen MR) is 55.9 cm³/mol. The molecular formula is C12H17NO. The standard InChI is InChI=1S/C12H17NO/c14-12(11-2-1-3-11)5-4-10-6-8-13-9-7-10/h6-9,11-12,14H,1-5H2. The molecule has 14 heavy (non-hydrogen) atoms. The summed E-state index contributed by atoms with van der Waals surface area (Å²) in [4.78, 5) is 3.97. The van der Waals surface area contributed by atoms with Gasteiger partial charge in [-0.25, -0.2) is 0 Å². The van der Waals surface area contributed by atoms with Crippen LogP contribution in [0.5, 0.6) is 0 Å². The number of aliphatic hydroxyl groups is 1. The van der Waals surface area contributed by atoms with E-state index in [-0.39, 0.29) is 6.10 Å². The Morgan fingerprint density at radius 2 is 2.07 bits per heavy atom. The van der Waals surface area contributed by atoms with Crippen molar-refractivity contribution in [2.45, 2.75) is 38.2 Å². The third-order valence-corrected chi connectivity index (χ3v) is 3.17. The minimum Gasteiger partial charge on any atom is -0.393 e. The largest absolute Gasteiger partial charge is 0.393 e. The van der Waals surface area contributed by atoms with E-state index in [0.29, 0.717) is 5.92 Å². The summed E-state index contributed by atoms with van der Waals surface area (Å²) in [5, 5.41) is 9.81. The second-order valence-corrected chi connectivity index (χ2v) is 4.15. The number of aromatic nitrogens is 1. The van der Waals surface area contributed by atoms with Crippen molar-refractivity contribution in [3.63, 3.8) is 0 Å². The first-order chi connectivity index (χ1) is 6.86. The van der Waals surface area contributed by atoms with Crippen molar-refractivity contribution in [3.8, 4) is 0 Å². The van der Waals surface area contributed by atoms with Gasteiger partial charge in [0, 0.05) is 12.4 Å². The molecule has 1 N–H and O–H groups in total. The van der Waals surface area contributed by atoms with Crippen LogP contribution in [0.1, 0.15) is 31.2 Å². The van der Waals surface area contributed by atoms with Gasteiger partial charge >= 0.3 is 0 Å². The van der Waals surface area contributed by atoms with Gasteiger partial charge in [0.25, 0.3) is 0 Å². The van der Waals surface area contributed by atoms with Crippen molar-refractivity contribution < 1.29 is 5.11 Å². The average molecular weight is 191 g/mol. The Labute approximate surface area is 85.0 Å². The lowest BCUT2D eigenvalue weighted by Crippen LogP contribution is -2.26. The minimum atomic E-state index is -0.0862. The summed E-state index contributed by atoms with van der Waals surface area (Å²) in [5.74, 6) is 0.580. The molecule has 1 fully saturated rings. The Kier molecular flexibility index (Phi) is 3.14. The molecule has 2 heteroatoms. The molecule has 1 unspecified atom stereocenters. The molecule has 2 nitrogen and oxygen atoms in total. The summed E-state index contributed by atoms with van der Waals surface area (Å²) in [5.41, 5.74) is 1.28. The van der Waals surface area contributed by atoms with Gasteiger partial charge in [-0.2, -0.15) is 0 Å². The zero-order chi connectivity index (χ0) is 9.80. The van der Waals surface area contributed by atoms with Crippen molar-refractivity contribution >= 4 is 0 Å². The van der Waals surface area contributed by atoms with Crippen LogP contribution in [0.2, 0.25) is 0 Å². The maximum Gasteiger partial charge on any atom is 0.0571 e. The van der Waals surface area contributed by atoms with Gasteiger partial charge in [0.1, 0.15) is 0 Å². The summed E-state index contributed by atoms with van der Waals surface area (Å²) >= 11 is 0. The fraction of sp³-hybridized carbons (Fsp3) is 0.583. The second-order valence-electron chi connectivity index (χ2n) is 4.15. The maximum atomic E-state index is 9.81. The number of rotatable bonds is 4. The van der Waals surface area contributed by atoms with Gasteiger partial charge in [0.15, 0.2) is 0 Å². The molecule has 1 saturated carbocycles. The summed E-state index contributed by atoms with van der Waals surface area (Å²) in [6, 6.07) is 4.04. The number of pyridine rings is 1. The molecule has 1 heterocycles. The van der Waals surface area contributed by atoms with Crippen molar-refractivity contribution in [1.82, 2.24) is 4.98 Å². The quantitative estimate of drug-likeness (QED) is 0.791. The van der Waals surface area contributed by atoms with E-state index in [9.17, 15) is 5.11 Å². The topological polar surface area (TPSA) is 33.1 Å². The van der Waals surface area contributed by atoms with Crippen molar-refractivity contribution in [2.75, 3.05) is 0 Å². The lowest BCUT2D eigenvalue weighted by molar-refractivity contribution is 0.0560. The Bertz CT molecular complexity index is 269. The van der Waals surface area contributed by atoms with E-state index in [4.69, 9.17) is 0 Å². The Morgan fingerprint density at radius 3 is 2.64 bits per heavy atom. The number of aryl methyl sites for hydroxylation is 1. The smallest absolute Gasteiger partial charge is 0.0571 e. The van der Waals surface area contributed by atoms with Gasteiger partial charge in [-0.05, 0) is 49.3 Å². The number of hydrogen-bond acceptors (Lipinski definition) is 2. The molecule has 1 aromatic heterocycles. The zero-order valence-electron chi connectivity index (χ0n) is 8.39. The highest BCUT2D eigenvalue weighted by Crippen LogP contribution is 2.31. The van der Waals surface area contributed by atoms with Crippen molar-refractivity contribution in [2.24, 2.45) is 5.92 Å². The molecule has 0 bridgehead atoms. The number of aliphatic hydroxyl groups excluding tert-OH is 1. The third-order valence-electron chi connectivity index (χ3n) is 3.17. The van der Waals surface area contributed by atoms with E-state index in [1.807, 2.05) is 24.5 Å². The van der Waals surface area contributed by atoms with Crippen LogP contribution in [0.25, 0.3) is 0 Å². The summed E-state index contributed by atoms with van der Waals surface area (Å²) in [6.45, 7) is 0. The molecule has 1 atom stereocenters. The van der Waals surface area contributed by atoms with E-state index in [2.05, 4.69) is 4.98 Å². The second kappa shape index (κ2) is 4.56. The van der Waals surface area contributed by atoms with Gasteiger partial charge < -0.3 is 5.11 Å². The van der Waals surface area contributed by atoms with E-state index >= 15 is 0 Å².